The highest BCUT2D eigenvalue weighted by Gasteiger charge is 2.22. The minimum atomic E-state index is -1.38. The first-order chi connectivity index (χ1) is 9.88. The van der Waals surface area contributed by atoms with Crippen molar-refractivity contribution < 1.29 is 29.2 Å². The molecule has 118 valence electrons. The van der Waals surface area contributed by atoms with Crippen LogP contribution in [0, 0.1) is 0 Å². The molecule has 0 bridgehead atoms. The van der Waals surface area contributed by atoms with E-state index in [-0.39, 0.29) is 6.54 Å². The van der Waals surface area contributed by atoms with Crippen LogP contribution >= 0.6 is 0 Å². The summed E-state index contributed by atoms with van der Waals surface area (Å²) < 4.78 is 15.5. The zero-order valence-electron chi connectivity index (χ0n) is 12.6. The van der Waals surface area contributed by atoms with Crippen LogP contribution in [0.3, 0.4) is 0 Å². The molecular formula is C14H21NO6. The van der Waals surface area contributed by atoms with Crippen molar-refractivity contribution in [3.63, 3.8) is 0 Å². The van der Waals surface area contributed by atoms with Gasteiger partial charge in [-0.05, 0) is 19.1 Å². The van der Waals surface area contributed by atoms with Gasteiger partial charge < -0.3 is 29.7 Å². The third-order valence-corrected chi connectivity index (χ3v) is 2.90. The van der Waals surface area contributed by atoms with Gasteiger partial charge in [0.1, 0.15) is 5.60 Å². The van der Waals surface area contributed by atoms with Crippen molar-refractivity contribution in [1.82, 2.24) is 5.32 Å². The second-order valence-electron chi connectivity index (χ2n) is 4.75. The number of aliphatic hydroxyl groups is 2. The number of hydrogen-bond acceptors (Lipinski definition) is 6. The molecule has 1 amide bonds. The van der Waals surface area contributed by atoms with Gasteiger partial charge in [0.05, 0.1) is 27.9 Å². The summed E-state index contributed by atoms with van der Waals surface area (Å²) in [5.74, 6) is 0.675. The van der Waals surface area contributed by atoms with Crippen molar-refractivity contribution >= 4 is 5.91 Å². The summed E-state index contributed by atoms with van der Waals surface area (Å²) in [7, 11) is 4.38. The zero-order valence-corrected chi connectivity index (χ0v) is 12.6. The highest BCUT2D eigenvalue weighted by atomic mass is 16.5. The Labute approximate surface area is 123 Å². The van der Waals surface area contributed by atoms with Crippen LogP contribution in [-0.4, -0.2) is 56.2 Å². The number of nitrogens with one attached hydrogen (secondary N) is 1. The van der Waals surface area contributed by atoms with E-state index in [1.807, 2.05) is 0 Å². The van der Waals surface area contributed by atoms with Crippen molar-refractivity contribution in [2.24, 2.45) is 0 Å². The number of methoxy groups -OCH3 is 3. The lowest BCUT2D eigenvalue weighted by atomic mass is 10.1. The van der Waals surface area contributed by atoms with E-state index < -0.39 is 18.1 Å². The number of hydrogen-bond donors (Lipinski definition) is 3. The van der Waals surface area contributed by atoms with Gasteiger partial charge in [-0.2, -0.15) is 0 Å². The Morgan fingerprint density at radius 1 is 1.19 bits per heavy atom. The molecule has 0 aliphatic heterocycles. The van der Waals surface area contributed by atoms with Crippen LogP contribution in [-0.2, 0) is 0 Å². The van der Waals surface area contributed by atoms with Gasteiger partial charge in [-0.1, -0.05) is 0 Å². The fourth-order valence-electron chi connectivity index (χ4n) is 1.64. The molecule has 3 N–H and O–H groups in total. The van der Waals surface area contributed by atoms with E-state index in [9.17, 15) is 9.90 Å². The average Bonchev–Trinajstić information content (AvgIpc) is 2.50. The Hall–Kier alpha value is -1.99. The van der Waals surface area contributed by atoms with Gasteiger partial charge in [-0.25, -0.2) is 0 Å². The van der Waals surface area contributed by atoms with Crippen molar-refractivity contribution in [3.8, 4) is 17.2 Å². The van der Waals surface area contributed by atoms with Gasteiger partial charge in [0.15, 0.2) is 11.5 Å². The molecule has 0 radical (unpaired) electrons. The first-order valence-electron chi connectivity index (χ1n) is 6.30. The molecule has 0 fully saturated rings. The summed E-state index contributed by atoms with van der Waals surface area (Å²) in [5, 5.41) is 21.2. The molecule has 1 unspecified atom stereocenters. The minimum Gasteiger partial charge on any atom is -0.493 e. The lowest BCUT2D eigenvalue weighted by Crippen LogP contribution is -2.43. The molecule has 0 saturated heterocycles. The van der Waals surface area contributed by atoms with Crippen molar-refractivity contribution in [2.75, 3.05) is 34.5 Å². The quantitative estimate of drug-likeness (QED) is 0.665. The predicted molar refractivity (Wildman–Crippen MR) is 76.1 cm³/mol. The highest BCUT2D eigenvalue weighted by Crippen LogP contribution is 2.38. The topological polar surface area (TPSA) is 97.3 Å². The molecule has 1 aromatic carbocycles. The molecule has 0 saturated carbocycles. The zero-order chi connectivity index (χ0) is 16.0. The second-order valence-corrected chi connectivity index (χ2v) is 4.75. The van der Waals surface area contributed by atoms with Gasteiger partial charge in [0, 0.05) is 12.1 Å². The lowest BCUT2D eigenvalue weighted by molar-refractivity contribution is 0.00320. The number of ether oxygens (including phenoxy) is 3. The summed E-state index contributed by atoms with van der Waals surface area (Å²) >= 11 is 0. The molecular weight excluding hydrogens is 278 g/mol. The smallest absolute Gasteiger partial charge is 0.251 e. The largest absolute Gasteiger partial charge is 0.493 e. The molecule has 0 aliphatic rings. The number of amides is 1. The third kappa shape index (κ3) is 4.24. The standard InChI is InChI=1S/C14H21NO6/c1-14(18,8-16)7-15-13(17)9-5-10(19-2)12(21-4)11(6-9)20-3/h5-6,16,18H,7-8H2,1-4H3,(H,15,17). The number of aliphatic hydroxyl groups excluding tert-OH is 1. The number of benzene rings is 1. The molecule has 0 spiro atoms. The van der Waals surface area contributed by atoms with E-state index in [0.29, 0.717) is 22.8 Å². The highest BCUT2D eigenvalue weighted by molar-refractivity contribution is 5.95. The molecule has 1 rings (SSSR count). The monoisotopic (exact) mass is 299 g/mol. The summed E-state index contributed by atoms with van der Waals surface area (Å²) in [5.41, 5.74) is -1.09. The number of rotatable bonds is 7. The Morgan fingerprint density at radius 3 is 2.10 bits per heavy atom. The number of carbonyl (C=O) groups is 1. The molecule has 0 heterocycles. The Balaban J connectivity index is 3.00. The van der Waals surface area contributed by atoms with E-state index in [4.69, 9.17) is 19.3 Å². The van der Waals surface area contributed by atoms with Crippen LogP contribution in [0.2, 0.25) is 0 Å². The SMILES string of the molecule is COc1cc(C(=O)NCC(C)(O)CO)cc(OC)c1OC. The molecule has 0 aliphatic carbocycles. The van der Waals surface area contributed by atoms with Gasteiger partial charge in [-0.3, -0.25) is 4.79 Å². The molecule has 21 heavy (non-hydrogen) atoms. The summed E-state index contributed by atoms with van der Waals surface area (Å²) in [6.45, 7) is 0.879. The normalized spacial score (nSPS) is 13.2. The van der Waals surface area contributed by atoms with E-state index in [2.05, 4.69) is 5.32 Å². The van der Waals surface area contributed by atoms with Crippen molar-refractivity contribution in [1.29, 1.82) is 0 Å². The summed E-state index contributed by atoms with van der Waals surface area (Å²) in [4.78, 5) is 12.1. The van der Waals surface area contributed by atoms with Crippen molar-refractivity contribution in [2.45, 2.75) is 12.5 Å². The third-order valence-electron chi connectivity index (χ3n) is 2.90. The summed E-state index contributed by atoms with van der Waals surface area (Å²) in [6, 6.07) is 3.01. The molecule has 0 aromatic heterocycles. The van der Waals surface area contributed by atoms with Gasteiger partial charge in [0.25, 0.3) is 5.91 Å². The first kappa shape index (κ1) is 17.1. The van der Waals surface area contributed by atoms with Crippen LogP contribution in [0.25, 0.3) is 0 Å². The van der Waals surface area contributed by atoms with Crippen LogP contribution < -0.4 is 19.5 Å². The fourth-order valence-corrected chi connectivity index (χ4v) is 1.64. The number of carbonyl (C=O) groups excluding carboxylic acids is 1. The van der Waals surface area contributed by atoms with Crippen molar-refractivity contribution in [3.05, 3.63) is 17.7 Å². The molecule has 1 aromatic rings. The van der Waals surface area contributed by atoms with Gasteiger partial charge >= 0.3 is 0 Å². The fraction of sp³-hybridized carbons (Fsp3) is 0.500. The maximum Gasteiger partial charge on any atom is 0.251 e. The Bertz CT molecular complexity index is 475. The van der Waals surface area contributed by atoms with Crippen LogP contribution in [0.1, 0.15) is 17.3 Å². The van der Waals surface area contributed by atoms with E-state index in [1.54, 1.807) is 0 Å². The average molecular weight is 299 g/mol. The first-order valence-corrected chi connectivity index (χ1v) is 6.30. The van der Waals surface area contributed by atoms with Crippen LogP contribution in [0.4, 0.5) is 0 Å². The lowest BCUT2D eigenvalue weighted by Gasteiger charge is -2.21. The second kappa shape index (κ2) is 7.14. The predicted octanol–water partition coefficient (Wildman–Crippen LogP) is 0.185. The van der Waals surface area contributed by atoms with E-state index in [0.717, 1.165) is 0 Å². The maximum absolute atomic E-state index is 12.1. The molecule has 7 nitrogen and oxygen atoms in total. The van der Waals surface area contributed by atoms with Crippen LogP contribution in [0.15, 0.2) is 12.1 Å². The molecule has 7 heteroatoms. The maximum atomic E-state index is 12.1. The summed E-state index contributed by atoms with van der Waals surface area (Å²) in [6.07, 6.45) is 0. The Kier molecular flexibility index (Phi) is 5.80. The van der Waals surface area contributed by atoms with E-state index in [1.165, 1.54) is 40.4 Å². The van der Waals surface area contributed by atoms with Gasteiger partial charge in [0.2, 0.25) is 5.75 Å². The Morgan fingerprint density at radius 2 is 1.71 bits per heavy atom. The van der Waals surface area contributed by atoms with E-state index >= 15 is 0 Å². The molecule has 1 atom stereocenters. The van der Waals surface area contributed by atoms with Crippen LogP contribution in [0.5, 0.6) is 17.2 Å². The minimum absolute atomic E-state index is 0.0843. The van der Waals surface area contributed by atoms with Gasteiger partial charge in [-0.15, -0.1) is 0 Å².